The van der Waals surface area contributed by atoms with Gasteiger partial charge in [-0.05, 0) is 80.4 Å². The van der Waals surface area contributed by atoms with Gasteiger partial charge in [0.15, 0.2) is 0 Å². The molecule has 0 aliphatic heterocycles. The molecule has 0 bridgehead atoms. The molecule has 0 spiro atoms. The summed E-state index contributed by atoms with van der Waals surface area (Å²) < 4.78 is 0. The molecule has 46 heavy (non-hydrogen) atoms. The molecule has 0 fully saturated rings. The van der Waals surface area contributed by atoms with E-state index >= 15 is 0 Å². The first kappa shape index (κ1) is 27.9. The normalized spacial score (nSPS) is 12.7. The maximum absolute atomic E-state index is 2.42. The van der Waals surface area contributed by atoms with Crippen LogP contribution in [0.25, 0.3) is 44.5 Å². The van der Waals surface area contributed by atoms with E-state index in [0.717, 1.165) is 11.4 Å². The largest absolute Gasteiger partial charge is 0.310 e. The van der Waals surface area contributed by atoms with Crippen molar-refractivity contribution < 1.29 is 0 Å². The highest BCUT2D eigenvalue weighted by Crippen LogP contribution is 2.54. The van der Waals surface area contributed by atoms with Gasteiger partial charge in [-0.2, -0.15) is 0 Å². The van der Waals surface area contributed by atoms with E-state index < -0.39 is 0 Å². The van der Waals surface area contributed by atoms with Gasteiger partial charge in [-0.15, -0.1) is 0 Å². The van der Waals surface area contributed by atoms with Crippen LogP contribution in [-0.2, 0) is 5.41 Å². The summed E-state index contributed by atoms with van der Waals surface area (Å²) in [6.45, 7) is 4.69. The summed E-state index contributed by atoms with van der Waals surface area (Å²) in [5, 5.41) is 0. The van der Waals surface area contributed by atoms with E-state index in [4.69, 9.17) is 0 Å². The fourth-order valence-corrected chi connectivity index (χ4v) is 7.07. The molecule has 0 atom stereocenters. The molecule has 1 nitrogen and oxygen atoms in total. The molecule has 0 N–H and O–H groups in total. The highest BCUT2D eigenvalue weighted by molar-refractivity contribution is 5.95. The Balaban J connectivity index is 1.23. The van der Waals surface area contributed by atoms with Gasteiger partial charge >= 0.3 is 0 Å². The van der Waals surface area contributed by atoms with E-state index in [9.17, 15) is 0 Å². The second kappa shape index (κ2) is 11.4. The predicted molar refractivity (Wildman–Crippen MR) is 195 cm³/mol. The lowest BCUT2D eigenvalue weighted by Crippen LogP contribution is -2.16. The van der Waals surface area contributed by atoms with Crippen LogP contribution in [0.5, 0.6) is 0 Å². The Hall–Kier alpha value is -5.66. The SMILES string of the molecule is CC1(C)c2ccccc2-c2c(N(c3ccc(-c4ccccc4)cc3)c3ccc(-c4ccc(-c5ccccc5)cc4)cc3)cccc21. The molecule has 0 saturated heterocycles. The highest BCUT2D eigenvalue weighted by atomic mass is 15.1. The molecule has 220 valence electrons. The lowest BCUT2D eigenvalue weighted by Gasteiger charge is -2.29. The zero-order valence-electron chi connectivity index (χ0n) is 26.2. The van der Waals surface area contributed by atoms with Crippen LogP contribution >= 0.6 is 0 Å². The molecule has 1 heteroatoms. The van der Waals surface area contributed by atoms with E-state index in [-0.39, 0.29) is 5.41 Å². The van der Waals surface area contributed by atoms with E-state index in [1.165, 1.54) is 61.3 Å². The van der Waals surface area contributed by atoms with Crippen LogP contribution in [0.3, 0.4) is 0 Å². The van der Waals surface area contributed by atoms with Crippen LogP contribution in [-0.4, -0.2) is 0 Å². The highest BCUT2D eigenvalue weighted by Gasteiger charge is 2.37. The van der Waals surface area contributed by atoms with Crippen LogP contribution in [0.1, 0.15) is 25.0 Å². The third kappa shape index (κ3) is 4.82. The number of rotatable bonds is 6. The standard InChI is InChI=1S/C45H35N/c1-45(2)41-17-10-9-16-40(41)44-42(45)18-11-19-43(44)46(38-28-24-36(25-29-38)33-14-7-4-8-15-33)39-30-26-37(27-31-39)35-22-20-34(21-23-35)32-12-5-3-6-13-32/h3-31H,1-2H3. The zero-order chi connectivity index (χ0) is 31.1. The van der Waals surface area contributed by atoms with Gasteiger partial charge in [0.25, 0.3) is 0 Å². The molecule has 7 aromatic carbocycles. The van der Waals surface area contributed by atoms with Crippen LogP contribution in [0.2, 0.25) is 0 Å². The number of benzene rings is 7. The fraction of sp³-hybridized carbons (Fsp3) is 0.0667. The monoisotopic (exact) mass is 589 g/mol. The van der Waals surface area contributed by atoms with Crippen molar-refractivity contribution in [2.45, 2.75) is 19.3 Å². The lowest BCUT2D eigenvalue weighted by molar-refractivity contribution is 0.660. The van der Waals surface area contributed by atoms with Crippen molar-refractivity contribution in [2.24, 2.45) is 0 Å². The maximum Gasteiger partial charge on any atom is 0.0543 e. The van der Waals surface area contributed by atoms with Gasteiger partial charge in [-0.25, -0.2) is 0 Å². The van der Waals surface area contributed by atoms with Crippen molar-refractivity contribution in [2.75, 3.05) is 4.90 Å². The van der Waals surface area contributed by atoms with Crippen molar-refractivity contribution in [1.29, 1.82) is 0 Å². The number of nitrogens with zero attached hydrogens (tertiary/aromatic N) is 1. The number of hydrogen-bond acceptors (Lipinski definition) is 1. The molecular weight excluding hydrogens is 555 g/mol. The van der Waals surface area contributed by atoms with E-state index in [0.29, 0.717) is 0 Å². The summed E-state index contributed by atoms with van der Waals surface area (Å²) in [6, 6.07) is 63.7. The summed E-state index contributed by atoms with van der Waals surface area (Å²) in [5.41, 5.74) is 16.1. The van der Waals surface area contributed by atoms with Crippen molar-refractivity contribution >= 4 is 17.1 Å². The average Bonchev–Trinajstić information content (AvgIpc) is 3.36. The van der Waals surface area contributed by atoms with Crippen molar-refractivity contribution in [3.8, 4) is 44.5 Å². The Morgan fingerprint density at radius 3 is 1.24 bits per heavy atom. The van der Waals surface area contributed by atoms with E-state index in [1.807, 2.05) is 0 Å². The molecule has 0 unspecified atom stereocenters. The Morgan fingerprint density at radius 1 is 0.348 bits per heavy atom. The van der Waals surface area contributed by atoms with Gasteiger partial charge in [0, 0.05) is 22.4 Å². The first-order valence-electron chi connectivity index (χ1n) is 16.0. The first-order chi connectivity index (χ1) is 22.6. The van der Waals surface area contributed by atoms with E-state index in [2.05, 4.69) is 195 Å². The topological polar surface area (TPSA) is 3.24 Å². The van der Waals surface area contributed by atoms with Crippen LogP contribution in [0.4, 0.5) is 17.1 Å². The molecule has 1 aliphatic carbocycles. The predicted octanol–water partition coefficient (Wildman–Crippen LogP) is 12.5. The van der Waals surface area contributed by atoms with Crippen molar-refractivity contribution in [3.05, 3.63) is 187 Å². The molecule has 7 aromatic rings. The molecule has 1 aliphatic rings. The van der Waals surface area contributed by atoms with Gasteiger partial charge in [0.1, 0.15) is 0 Å². The second-order valence-electron chi connectivity index (χ2n) is 12.6. The molecule has 0 aromatic heterocycles. The van der Waals surface area contributed by atoms with Crippen LogP contribution in [0.15, 0.2) is 176 Å². The summed E-state index contributed by atoms with van der Waals surface area (Å²) in [5.74, 6) is 0. The van der Waals surface area contributed by atoms with Crippen molar-refractivity contribution in [1.82, 2.24) is 0 Å². The van der Waals surface area contributed by atoms with Gasteiger partial charge in [0.2, 0.25) is 0 Å². The molecule has 8 rings (SSSR count). The molecule has 0 amide bonds. The summed E-state index contributed by atoms with van der Waals surface area (Å²) in [7, 11) is 0. The quantitative estimate of drug-likeness (QED) is 0.186. The van der Waals surface area contributed by atoms with Crippen LogP contribution in [0, 0.1) is 0 Å². The third-order valence-corrected chi connectivity index (χ3v) is 9.51. The molecule has 0 heterocycles. The smallest absolute Gasteiger partial charge is 0.0543 e. The Labute approximate surface area is 272 Å². The Kier molecular flexibility index (Phi) is 6.88. The zero-order valence-corrected chi connectivity index (χ0v) is 26.2. The lowest BCUT2D eigenvalue weighted by atomic mass is 9.82. The average molecular weight is 590 g/mol. The third-order valence-electron chi connectivity index (χ3n) is 9.51. The summed E-state index contributed by atoms with van der Waals surface area (Å²) >= 11 is 0. The van der Waals surface area contributed by atoms with Crippen LogP contribution < -0.4 is 4.90 Å². The van der Waals surface area contributed by atoms with Gasteiger partial charge in [0.05, 0.1) is 5.69 Å². The number of hydrogen-bond donors (Lipinski definition) is 0. The van der Waals surface area contributed by atoms with Gasteiger partial charge in [-0.3, -0.25) is 0 Å². The molecule has 0 radical (unpaired) electrons. The summed E-state index contributed by atoms with van der Waals surface area (Å²) in [6.07, 6.45) is 0. The molecular formula is C45H35N. The minimum atomic E-state index is -0.0689. The van der Waals surface area contributed by atoms with Gasteiger partial charge in [-0.1, -0.05) is 159 Å². The Bertz CT molecular complexity index is 2120. The molecule has 0 saturated carbocycles. The number of fused-ring (bicyclic) bond motifs is 3. The van der Waals surface area contributed by atoms with Gasteiger partial charge < -0.3 is 4.90 Å². The van der Waals surface area contributed by atoms with Crippen molar-refractivity contribution in [3.63, 3.8) is 0 Å². The minimum Gasteiger partial charge on any atom is -0.310 e. The second-order valence-corrected chi connectivity index (χ2v) is 12.6. The number of anilines is 3. The summed E-state index contributed by atoms with van der Waals surface area (Å²) in [4.78, 5) is 2.42. The minimum absolute atomic E-state index is 0.0689. The first-order valence-corrected chi connectivity index (χ1v) is 16.0. The maximum atomic E-state index is 2.42. The Morgan fingerprint density at radius 2 is 0.739 bits per heavy atom. The van der Waals surface area contributed by atoms with E-state index in [1.54, 1.807) is 0 Å². The fourth-order valence-electron chi connectivity index (χ4n) is 7.07.